The Hall–Kier alpha value is -2.88. The largest absolute Gasteiger partial charge is 0.496 e. The number of aliphatic imine (C=N–C) groups is 1. The second-order valence-electron chi connectivity index (χ2n) is 4.95. The summed E-state index contributed by atoms with van der Waals surface area (Å²) in [5.74, 6) is 0.424. The van der Waals surface area contributed by atoms with E-state index in [9.17, 15) is 4.79 Å². The number of aryl methyl sites for hydroxylation is 1. The van der Waals surface area contributed by atoms with E-state index >= 15 is 0 Å². The molecule has 0 amide bonds. The molecule has 0 fully saturated rings. The molecule has 1 heterocycles. The predicted molar refractivity (Wildman–Crippen MR) is 84.8 cm³/mol. The molecule has 1 aliphatic heterocycles. The molecule has 0 saturated heterocycles. The number of carbonyl (C=O) groups excluding carboxylic acids is 1. The second-order valence-corrected chi connectivity index (χ2v) is 4.95. The van der Waals surface area contributed by atoms with Crippen molar-refractivity contribution in [3.8, 4) is 5.75 Å². The molecule has 2 aromatic rings. The SMILES string of the molecule is COc1ccccc1C1=NC(=Cc2ccc(C)cc2)C(=O)O1. The molecule has 0 unspecified atom stereocenters. The van der Waals surface area contributed by atoms with E-state index in [1.54, 1.807) is 25.3 Å². The number of para-hydroxylation sites is 1. The Balaban J connectivity index is 1.96. The van der Waals surface area contributed by atoms with Gasteiger partial charge >= 0.3 is 5.97 Å². The number of carbonyl (C=O) groups is 1. The van der Waals surface area contributed by atoms with Crippen molar-refractivity contribution in [2.24, 2.45) is 4.99 Å². The third kappa shape index (κ3) is 2.76. The van der Waals surface area contributed by atoms with Crippen LogP contribution >= 0.6 is 0 Å². The maximum absolute atomic E-state index is 12.0. The minimum Gasteiger partial charge on any atom is -0.496 e. The van der Waals surface area contributed by atoms with Gasteiger partial charge in [-0.25, -0.2) is 9.79 Å². The quantitative estimate of drug-likeness (QED) is 0.644. The van der Waals surface area contributed by atoms with E-state index in [0.29, 0.717) is 11.3 Å². The van der Waals surface area contributed by atoms with Crippen LogP contribution in [0.5, 0.6) is 5.75 Å². The minimum absolute atomic E-state index is 0.265. The summed E-state index contributed by atoms with van der Waals surface area (Å²) in [6.07, 6.45) is 1.71. The minimum atomic E-state index is -0.457. The normalized spacial score (nSPS) is 15.6. The summed E-state index contributed by atoms with van der Waals surface area (Å²) in [7, 11) is 1.57. The Bertz CT molecular complexity index is 773. The zero-order chi connectivity index (χ0) is 15.5. The van der Waals surface area contributed by atoms with Gasteiger partial charge in [-0.3, -0.25) is 0 Å². The first-order valence-electron chi connectivity index (χ1n) is 6.90. The van der Waals surface area contributed by atoms with Crippen LogP contribution in [0.25, 0.3) is 6.08 Å². The molecule has 110 valence electrons. The molecule has 0 atom stereocenters. The number of ether oxygens (including phenoxy) is 2. The lowest BCUT2D eigenvalue weighted by Crippen LogP contribution is -2.06. The number of cyclic esters (lactones) is 1. The van der Waals surface area contributed by atoms with Gasteiger partial charge in [-0.15, -0.1) is 0 Å². The van der Waals surface area contributed by atoms with Gasteiger partial charge in [0.05, 0.1) is 12.7 Å². The zero-order valence-corrected chi connectivity index (χ0v) is 12.4. The molecule has 0 aliphatic carbocycles. The Morgan fingerprint density at radius 3 is 2.55 bits per heavy atom. The number of benzene rings is 2. The number of rotatable bonds is 3. The summed E-state index contributed by atoms with van der Waals surface area (Å²) < 4.78 is 10.5. The molecule has 3 rings (SSSR count). The van der Waals surface area contributed by atoms with Crippen molar-refractivity contribution >= 4 is 17.9 Å². The van der Waals surface area contributed by atoms with Crippen LogP contribution < -0.4 is 4.74 Å². The van der Waals surface area contributed by atoms with Gasteiger partial charge in [0.1, 0.15) is 5.75 Å². The van der Waals surface area contributed by atoms with E-state index in [1.807, 2.05) is 43.3 Å². The lowest BCUT2D eigenvalue weighted by Gasteiger charge is -2.05. The van der Waals surface area contributed by atoms with E-state index in [0.717, 1.165) is 11.1 Å². The fourth-order valence-electron chi connectivity index (χ4n) is 2.17. The van der Waals surface area contributed by atoms with Crippen LogP contribution in [-0.4, -0.2) is 19.0 Å². The van der Waals surface area contributed by atoms with Gasteiger partial charge in [0.2, 0.25) is 5.90 Å². The molecule has 0 saturated carbocycles. The molecule has 1 aliphatic rings. The maximum Gasteiger partial charge on any atom is 0.363 e. The number of methoxy groups -OCH3 is 1. The molecule has 2 aromatic carbocycles. The topological polar surface area (TPSA) is 47.9 Å². The average Bonchev–Trinajstić information content (AvgIpc) is 2.90. The summed E-state index contributed by atoms with van der Waals surface area (Å²) in [6.45, 7) is 2.01. The summed E-state index contributed by atoms with van der Waals surface area (Å²) in [4.78, 5) is 16.3. The average molecular weight is 293 g/mol. The third-order valence-corrected chi connectivity index (χ3v) is 3.34. The highest BCUT2D eigenvalue weighted by Gasteiger charge is 2.25. The Kier molecular flexibility index (Phi) is 3.74. The highest BCUT2D eigenvalue weighted by atomic mass is 16.6. The van der Waals surface area contributed by atoms with Crippen LogP contribution in [-0.2, 0) is 9.53 Å². The number of hydrogen-bond donors (Lipinski definition) is 0. The molecule has 0 radical (unpaired) electrons. The van der Waals surface area contributed by atoms with Crippen LogP contribution in [0.2, 0.25) is 0 Å². The second kappa shape index (κ2) is 5.85. The summed E-state index contributed by atoms with van der Waals surface area (Å²) in [5.41, 5.74) is 3.01. The summed E-state index contributed by atoms with van der Waals surface area (Å²) in [6, 6.07) is 15.1. The molecule has 4 heteroatoms. The molecular weight excluding hydrogens is 278 g/mol. The highest BCUT2D eigenvalue weighted by Crippen LogP contribution is 2.24. The van der Waals surface area contributed by atoms with Gasteiger partial charge in [0.15, 0.2) is 5.70 Å². The molecule has 22 heavy (non-hydrogen) atoms. The summed E-state index contributed by atoms with van der Waals surface area (Å²) >= 11 is 0. The highest BCUT2D eigenvalue weighted by molar-refractivity contribution is 6.13. The van der Waals surface area contributed by atoms with Gasteiger partial charge in [-0.1, -0.05) is 42.0 Å². The predicted octanol–water partition coefficient (Wildman–Crippen LogP) is 3.35. The van der Waals surface area contributed by atoms with Crippen molar-refractivity contribution in [3.63, 3.8) is 0 Å². The van der Waals surface area contributed by atoms with E-state index < -0.39 is 5.97 Å². The van der Waals surface area contributed by atoms with Crippen molar-refractivity contribution in [2.75, 3.05) is 7.11 Å². The monoisotopic (exact) mass is 293 g/mol. The maximum atomic E-state index is 12.0. The first-order valence-corrected chi connectivity index (χ1v) is 6.90. The molecule has 0 aromatic heterocycles. The Morgan fingerprint density at radius 1 is 1.09 bits per heavy atom. The Labute approximate surface area is 128 Å². The van der Waals surface area contributed by atoms with Crippen molar-refractivity contribution in [1.82, 2.24) is 0 Å². The molecule has 4 nitrogen and oxygen atoms in total. The Morgan fingerprint density at radius 2 is 1.82 bits per heavy atom. The number of esters is 1. The van der Waals surface area contributed by atoms with Crippen LogP contribution in [0.3, 0.4) is 0 Å². The van der Waals surface area contributed by atoms with E-state index in [1.165, 1.54) is 0 Å². The van der Waals surface area contributed by atoms with E-state index in [2.05, 4.69) is 4.99 Å². The van der Waals surface area contributed by atoms with E-state index in [-0.39, 0.29) is 11.6 Å². The van der Waals surface area contributed by atoms with Crippen LogP contribution in [0, 0.1) is 6.92 Å². The summed E-state index contributed by atoms with van der Waals surface area (Å²) in [5, 5.41) is 0. The van der Waals surface area contributed by atoms with Crippen molar-refractivity contribution in [1.29, 1.82) is 0 Å². The van der Waals surface area contributed by atoms with E-state index in [4.69, 9.17) is 9.47 Å². The zero-order valence-electron chi connectivity index (χ0n) is 12.4. The first kappa shape index (κ1) is 14.1. The van der Waals surface area contributed by atoms with Crippen molar-refractivity contribution in [2.45, 2.75) is 6.92 Å². The van der Waals surface area contributed by atoms with Crippen LogP contribution in [0.1, 0.15) is 16.7 Å². The molecular formula is C18H15NO3. The lowest BCUT2D eigenvalue weighted by atomic mass is 10.1. The third-order valence-electron chi connectivity index (χ3n) is 3.34. The number of nitrogens with zero attached hydrogens (tertiary/aromatic N) is 1. The van der Waals surface area contributed by atoms with Crippen molar-refractivity contribution < 1.29 is 14.3 Å². The standard InChI is InChI=1S/C18H15NO3/c1-12-7-9-13(10-8-12)11-15-18(20)22-17(19-15)14-5-3-4-6-16(14)21-2/h3-11H,1-2H3. The number of hydrogen-bond acceptors (Lipinski definition) is 4. The molecule has 0 bridgehead atoms. The fraction of sp³-hybridized carbons (Fsp3) is 0.111. The van der Waals surface area contributed by atoms with Gasteiger partial charge < -0.3 is 9.47 Å². The fourth-order valence-corrected chi connectivity index (χ4v) is 2.17. The lowest BCUT2D eigenvalue weighted by molar-refractivity contribution is -0.129. The van der Waals surface area contributed by atoms with Gasteiger partial charge in [0.25, 0.3) is 0 Å². The van der Waals surface area contributed by atoms with Crippen LogP contribution in [0.4, 0.5) is 0 Å². The first-order chi connectivity index (χ1) is 10.7. The molecule has 0 spiro atoms. The van der Waals surface area contributed by atoms with Crippen molar-refractivity contribution in [3.05, 3.63) is 70.9 Å². The van der Waals surface area contributed by atoms with Gasteiger partial charge in [0, 0.05) is 0 Å². The van der Waals surface area contributed by atoms with Gasteiger partial charge in [-0.2, -0.15) is 0 Å². The molecule has 0 N–H and O–H groups in total. The van der Waals surface area contributed by atoms with Crippen LogP contribution in [0.15, 0.2) is 59.2 Å². The van der Waals surface area contributed by atoms with Gasteiger partial charge in [-0.05, 0) is 30.7 Å². The smallest absolute Gasteiger partial charge is 0.363 e.